The van der Waals surface area contributed by atoms with E-state index in [2.05, 4.69) is 0 Å². The molecule has 0 atom stereocenters. The number of hydrogen-bond acceptors (Lipinski definition) is 3. The lowest BCUT2D eigenvalue weighted by Crippen LogP contribution is -1.88. The lowest BCUT2D eigenvalue weighted by molar-refractivity contribution is 0.394. The Morgan fingerprint density at radius 3 is 2.23 bits per heavy atom. The molecule has 0 saturated heterocycles. The molecule has 0 N–H and O–H groups in total. The molecule has 3 nitrogen and oxygen atoms in total. The topological polar surface area (TPSA) is 35.5 Å². The van der Waals surface area contributed by atoms with E-state index < -0.39 is 6.07 Å². The maximum atomic E-state index is 10.9. The zero-order valence-corrected chi connectivity index (χ0v) is 9.14. The monoisotopic (exact) mass is 240 g/mol. The molecule has 0 aromatic heterocycles. The number of benzene rings is 1. The van der Waals surface area contributed by atoms with Crippen molar-refractivity contribution in [3.63, 3.8) is 0 Å². The van der Waals surface area contributed by atoms with Gasteiger partial charge in [-0.05, 0) is 12.1 Å². The molecule has 0 amide bonds. The van der Waals surface area contributed by atoms with Crippen molar-refractivity contribution >= 4 is 28.6 Å². The summed E-state index contributed by atoms with van der Waals surface area (Å²) in [6, 6.07) is 6.66. The van der Waals surface area contributed by atoms with Crippen LogP contribution < -0.4 is 9.26 Å². The first-order chi connectivity index (χ1) is 6.03. The van der Waals surface area contributed by atoms with Crippen molar-refractivity contribution in [3.8, 4) is 11.5 Å². The van der Waals surface area contributed by atoms with E-state index in [1.165, 1.54) is 7.11 Å². The second-order valence-electron chi connectivity index (χ2n) is 2.16. The van der Waals surface area contributed by atoms with Gasteiger partial charge in [-0.25, -0.2) is 4.57 Å². The maximum Gasteiger partial charge on any atom is 0.428 e. The summed E-state index contributed by atoms with van der Waals surface area (Å²) in [5.74, 6) is 0.697. The van der Waals surface area contributed by atoms with Gasteiger partial charge in [0.05, 0.1) is 7.11 Å². The molecule has 0 aliphatic carbocycles. The smallest absolute Gasteiger partial charge is 0.428 e. The average Bonchev–Trinajstić information content (AvgIpc) is 2.02. The van der Waals surface area contributed by atoms with Crippen LogP contribution in [0.3, 0.4) is 0 Å². The summed E-state index contributed by atoms with van der Waals surface area (Å²) in [6.07, 6.45) is -3.56. The first-order valence-corrected chi connectivity index (χ1v) is 6.78. The highest BCUT2D eigenvalue weighted by atomic mass is 35.9. The predicted molar refractivity (Wildman–Crippen MR) is 52.9 cm³/mol. The van der Waals surface area contributed by atoms with Crippen molar-refractivity contribution in [1.82, 2.24) is 0 Å². The molecule has 0 heterocycles. The summed E-state index contributed by atoms with van der Waals surface area (Å²) in [6.45, 7) is 0. The Bertz CT molecular complexity index is 336. The van der Waals surface area contributed by atoms with Gasteiger partial charge in [0.2, 0.25) is 0 Å². The van der Waals surface area contributed by atoms with Gasteiger partial charge in [-0.2, -0.15) is 0 Å². The standard InChI is InChI=1S/C7H7Cl2O3P/c1-11-6-4-2-3-5-7(6)12-13(8,9)10/h2-5H,1H3. The highest BCUT2D eigenvalue weighted by Gasteiger charge is 2.18. The normalized spacial score (nSPS) is 11.0. The number of rotatable bonds is 3. The number of para-hydroxylation sites is 2. The van der Waals surface area contributed by atoms with Crippen LogP contribution in [-0.2, 0) is 4.57 Å². The third-order valence-electron chi connectivity index (χ3n) is 1.27. The molecule has 1 rings (SSSR count). The lowest BCUT2D eigenvalue weighted by Gasteiger charge is -2.09. The molecule has 0 radical (unpaired) electrons. The van der Waals surface area contributed by atoms with E-state index in [9.17, 15) is 4.57 Å². The molecule has 13 heavy (non-hydrogen) atoms. The van der Waals surface area contributed by atoms with Gasteiger partial charge in [0.1, 0.15) is 0 Å². The minimum atomic E-state index is -3.56. The third kappa shape index (κ3) is 3.47. The van der Waals surface area contributed by atoms with Crippen molar-refractivity contribution in [3.05, 3.63) is 24.3 Å². The Morgan fingerprint density at radius 1 is 1.23 bits per heavy atom. The van der Waals surface area contributed by atoms with E-state index in [0.29, 0.717) is 5.75 Å². The quantitative estimate of drug-likeness (QED) is 0.757. The Balaban J connectivity index is 2.94. The van der Waals surface area contributed by atoms with Gasteiger partial charge in [0, 0.05) is 22.5 Å². The number of ether oxygens (including phenoxy) is 1. The van der Waals surface area contributed by atoms with Gasteiger partial charge in [0.25, 0.3) is 0 Å². The van der Waals surface area contributed by atoms with Crippen LogP contribution in [0, 0.1) is 0 Å². The molecule has 1 aromatic carbocycles. The van der Waals surface area contributed by atoms with Gasteiger partial charge in [-0.3, -0.25) is 0 Å². The van der Waals surface area contributed by atoms with Crippen LogP contribution in [0.2, 0.25) is 0 Å². The van der Waals surface area contributed by atoms with Gasteiger partial charge in [-0.15, -0.1) is 0 Å². The first kappa shape index (κ1) is 10.7. The van der Waals surface area contributed by atoms with Gasteiger partial charge in [-0.1, -0.05) is 12.1 Å². The van der Waals surface area contributed by atoms with Crippen LogP contribution in [-0.4, -0.2) is 7.11 Å². The van der Waals surface area contributed by atoms with E-state index in [1.807, 2.05) is 0 Å². The molecule has 0 aliphatic heterocycles. The summed E-state index contributed by atoms with van der Waals surface area (Å²) < 4.78 is 20.6. The fourth-order valence-electron chi connectivity index (χ4n) is 0.809. The second-order valence-corrected chi connectivity index (χ2v) is 6.36. The zero-order chi connectivity index (χ0) is 9.90. The molecule has 0 bridgehead atoms. The SMILES string of the molecule is COc1ccccc1OP(=O)(Cl)Cl. The minimum Gasteiger partial charge on any atom is -0.493 e. The van der Waals surface area contributed by atoms with Crippen molar-refractivity contribution in [1.29, 1.82) is 0 Å². The van der Waals surface area contributed by atoms with E-state index in [1.54, 1.807) is 24.3 Å². The van der Waals surface area contributed by atoms with E-state index in [4.69, 9.17) is 31.7 Å². The molecule has 0 unspecified atom stereocenters. The summed E-state index contributed by atoms with van der Waals surface area (Å²) in [4.78, 5) is 0. The highest BCUT2D eigenvalue weighted by molar-refractivity contribution is 8.05. The fraction of sp³-hybridized carbons (Fsp3) is 0.143. The Hall–Kier alpha value is -0.370. The predicted octanol–water partition coefficient (Wildman–Crippen LogP) is 3.66. The van der Waals surface area contributed by atoms with Crippen LogP contribution in [0.1, 0.15) is 0 Å². The summed E-state index contributed by atoms with van der Waals surface area (Å²) in [7, 11) is 1.47. The van der Waals surface area contributed by atoms with Crippen molar-refractivity contribution in [2.24, 2.45) is 0 Å². The van der Waals surface area contributed by atoms with Gasteiger partial charge < -0.3 is 9.26 Å². The van der Waals surface area contributed by atoms with Crippen molar-refractivity contribution < 1.29 is 13.8 Å². The molecule has 0 saturated carbocycles. The van der Waals surface area contributed by atoms with E-state index in [0.717, 1.165) is 0 Å². The first-order valence-electron chi connectivity index (χ1n) is 3.35. The Kier molecular flexibility index (Phi) is 3.48. The Morgan fingerprint density at radius 2 is 1.77 bits per heavy atom. The molecular weight excluding hydrogens is 234 g/mol. The second kappa shape index (κ2) is 4.23. The number of hydrogen-bond donors (Lipinski definition) is 0. The van der Waals surface area contributed by atoms with Gasteiger partial charge in [0.15, 0.2) is 11.5 Å². The minimum absolute atomic E-state index is 0.262. The maximum absolute atomic E-state index is 10.9. The van der Waals surface area contributed by atoms with E-state index in [-0.39, 0.29) is 5.75 Å². The molecule has 6 heteroatoms. The summed E-state index contributed by atoms with van der Waals surface area (Å²) >= 11 is 10.5. The van der Waals surface area contributed by atoms with Crippen molar-refractivity contribution in [2.45, 2.75) is 0 Å². The van der Waals surface area contributed by atoms with Crippen molar-refractivity contribution in [2.75, 3.05) is 7.11 Å². The Labute approximate surface area is 85.6 Å². The van der Waals surface area contributed by atoms with Crippen LogP contribution in [0.5, 0.6) is 11.5 Å². The van der Waals surface area contributed by atoms with E-state index >= 15 is 0 Å². The van der Waals surface area contributed by atoms with Crippen LogP contribution in [0.4, 0.5) is 0 Å². The molecule has 1 aromatic rings. The summed E-state index contributed by atoms with van der Waals surface area (Å²) in [5.41, 5.74) is 0. The van der Waals surface area contributed by atoms with Gasteiger partial charge >= 0.3 is 6.07 Å². The number of halogens is 2. The van der Waals surface area contributed by atoms with Crippen LogP contribution in [0.15, 0.2) is 24.3 Å². The largest absolute Gasteiger partial charge is 0.493 e. The molecule has 0 spiro atoms. The fourth-order valence-corrected chi connectivity index (χ4v) is 1.63. The average molecular weight is 241 g/mol. The molecule has 72 valence electrons. The molecule has 0 aliphatic rings. The van der Waals surface area contributed by atoms with Crippen LogP contribution >= 0.6 is 28.6 Å². The van der Waals surface area contributed by atoms with Crippen LogP contribution in [0.25, 0.3) is 0 Å². The third-order valence-corrected chi connectivity index (χ3v) is 2.10. The zero-order valence-electron chi connectivity index (χ0n) is 6.74. The number of methoxy groups -OCH3 is 1. The molecule has 0 fully saturated rings. The summed E-state index contributed by atoms with van der Waals surface area (Å²) in [5, 5.41) is 0. The lowest BCUT2D eigenvalue weighted by atomic mass is 10.3. The highest BCUT2D eigenvalue weighted by Crippen LogP contribution is 2.58. The molecular formula is C7H7Cl2O3P.